The van der Waals surface area contributed by atoms with Gasteiger partial charge in [0, 0.05) is 44.5 Å². The third-order valence-electron chi connectivity index (χ3n) is 5.64. The van der Waals surface area contributed by atoms with Crippen LogP contribution in [0.4, 0.5) is 10.5 Å². The Morgan fingerprint density at radius 2 is 1.87 bits per heavy atom. The molecule has 1 saturated heterocycles. The summed E-state index contributed by atoms with van der Waals surface area (Å²) < 4.78 is 7.31. The molecule has 4 rings (SSSR count). The number of methoxy groups -OCH3 is 1. The lowest BCUT2D eigenvalue weighted by Gasteiger charge is -2.36. The molecule has 0 aliphatic carbocycles. The molecular formula is C23H28N6O2. The lowest BCUT2D eigenvalue weighted by atomic mass is 10.1. The van der Waals surface area contributed by atoms with Crippen molar-refractivity contribution in [2.75, 3.05) is 38.2 Å². The van der Waals surface area contributed by atoms with Crippen LogP contribution in [0.25, 0.3) is 5.69 Å². The van der Waals surface area contributed by atoms with E-state index in [2.05, 4.69) is 39.4 Å². The van der Waals surface area contributed by atoms with Gasteiger partial charge in [-0.3, -0.25) is 0 Å². The number of amides is 2. The number of aromatic nitrogens is 3. The third kappa shape index (κ3) is 4.63. The number of carbonyl (C=O) groups is 1. The molecule has 2 amide bonds. The van der Waals surface area contributed by atoms with Crippen molar-refractivity contribution in [3.63, 3.8) is 0 Å². The number of nitrogens with zero attached hydrogens (tertiary/aromatic N) is 5. The molecule has 0 spiro atoms. The van der Waals surface area contributed by atoms with Gasteiger partial charge in [0.05, 0.1) is 7.11 Å². The fourth-order valence-corrected chi connectivity index (χ4v) is 3.77. The minimum Gasteiger partial charge on any atom is -0.494 e. The molecule has 1 aromatic heterocycles. The highest BCUT2D eigenvalue weighted by Gasteiger charge is 2.22. The average Bonchev–Trinajstić information content (AvgIpc) is 3.24. The molecule has 1 fully saturated rings. The van der Waals surface area contributed by atoms with Crippen LogP contribution in [0.5, 0.6) is 5.75 Å². The molecule has 0 atom stereocenters. The number of ether oxygens (including phenoxy) is 1. The summed E-state index contributed by atoms with van der Waals surface area (Å²) in [5.41, 5.74) is 4.24. The number of aryl methyl sites for hydroxylation is 2. The predicted octanol–water partition coefficient (Wildman–Crippen LogP) is 2.92. The van der Waals surface area contributed by atoms with E-state index in [4.69, 9.17) is 4.74 Å². The summed E-state index contributed by atoms with van der Waals surface area (Å²) in [6.45, 7) is 7.34. The van der Waals surface area contributed by atoms with Gasteiger partial charge in [-0.2, -0.15) is 5.10 Å². The van der Waals surface area contributed by atoms with Gasteiger partial charge in [0.2, 0.25) is 0 Å². The van der Waals surface area contributed by atoms with Gasteiger partial charge < -0.3 is 19.9 Å². The number of anilines is 1. The Kier molecular flexibility index (Phi) is 6.06. The van der Waals surface area contributed by atoms with Gasteiger partial charge in [-0.15, -0.1) is 0 Å². The van der Waals surface area contributed by atoms with E-state index in [1.54, 1.807) is 18.1 Å². The summed E-state index contributed by atoms with van der Waals surface area (Å²) in [6, 6.07) is 14.2. The summed E-state index contributed by atoms with van der Waals surface area (Å²) in [7, 11) is 1.66. The van der Waals surface area contributed by atoms with Crippen molar-refractivity contribution in [3.8, 4) is 11.4 Å². The molecule has 8 heteroatoms. The Hall–Kier alpha value is -3.55. The molecule has 1 aliphatic heterocycles. The van der Waals surface area contributed by atoms with Crippen LogP contribution in [0.1, 0.15) is 17.0 Å². The summed E-state index contributed by atoms with van der Waals surface area (Å²) in [4.78, 5) is 20.9. The number of hydrogen-bond acceptors (Lipinski definition) is 5. The fraction of sp³-hybridized carbons (Fsp3) is 0.348. The smallest absolute Gasteiger partial charge is 0.317 e. The van der Waals surface area contributed by atoms with Crippen molar-refractivity contribution in [1.82, 2.24) is 25.0 Å². The Balaban J connectivity index is 1.36. The van der Waals surface area contributed by atoms with Crippen molar-refractivity contribution < 1.29 is 9.53 Å². The summed E-state index contributed by atoms with van der Waals surface area (Å²) in [6.07, 6.45) is 1.68. The number of nitrogens with one attached hydrogen (secondary N) is 1. The van der Waals surface area contributed by atoms with Crippen LogP contribution in [-0.2, 0) is 6.54 Å². The highest BCUT2D eigenvalue weighted by molar-refractivity contribution is 5.74. The Bertz CT molecular complexity index is 1060. The van der Waals surface area contributed by atoms with Crippen molar-refractivity contribution in [3.05, 3.63) is 65.7 Å². The molecule has 2 aromatic carbocycles. The molecule has 162 valence electrons. The molecule has 8 nitrogen and oxygen atoms in total. The highest BCUT2D eigenvalue weighted by atomic mass is 16.5. The zero-order chi connectivity index (χ0) is 21.8. The first-order chi connectivity index (χ1) is 15.0. The van der Waals surface area contributed by atoms with Crippen molar-refractivity contribution in [1.29, 1.82) is 0 Å². The van der Waals surface area contributed by atoms with Gasteiger partial charge in [0.25, 0.3) is 0 Å². The molecule has 3 aromatic rings. The highest BCUT2D eigenvalue weighted by Crippen LogP contribution is 2.28. The van der Waals surface area contributed by atoms with Gasteiger partial charge in [-0.25, -0.2) is 14.5 Å². The maximum absolute atomic E-state index is 12.6. The molecule has 0 unspecified atom stereocenters. The van der Waals surface area contributed by atoms with E-state index in [0.29, 0.717) is 25.5 Å². The van der Waals surface area contributed by atoms with Gasteiger partial charge in [0.15, 0.2) is 0 Å². The van der Waals surface area contributed by atoms with E-state index in [9.17, 15) is 4.79 Å². The van der Waals surface area contributed by atoms with Gasteiger partial charge in [-0.05, 0) is 37.1 Å². The zero-order valence-electron chi connectivity index (χ0n) is 18.2. The van der Waals surface area contributed by atoms with E-state index in [0.717, 1.165) is 35.8 Å². The number of rotatable bonds is 5. The van der Waals surface area contributed by atoms with Crippen LogP contribution < -0.4 is 15.0 Å². The quantitative estimate of drug-likeness (QED) is 0.687. The SMILES string of the molecule is COc1cc(N2CCN(C(=O)NCc3ccccc3C)CC2)ccc1-n1cnc(C)n1. The fourth-order valence-electron chi connectivity index (χ4n) is 3.77. The molecule has 0 radical (unpaired) electrons. The summed E-state index contributed by atoms with van der Waals surface area (Å²) >= 11 is 0. The molecule has 2 heterocycles. The Labute approximate surface area is 182 Å². The van der Waals surface area contributed by atoms with E-state index in [1.165, 1.54) is 5.56 Å². The average molecular weight is 421 g/mol. The number of urea groups is 1. The van der Waals surface area contributed by atoms with Gasteiger partial charge >= 0.3 is 6.03 Å². The van der Waals surface area contributed by atoms with Crippen molar-refractivity contribution >= 4 is 11.7 Å². The minimum absolute atomic E-state index is 0.0163. The first-order valence-corrected chi connectivity index (χ1v) is 10.4. The number of carbonyl (C=O) groups excluding carboxylic acids is 1. The van der Waals surface area contributed by atoms with E-state index >= 15 is 0 Å². The minimum atomic E-state index is -0.0163. The predicted molar refractivity (Wildman–Crippen MR) is 120 cm³/mol. The Morgan fingerprint density at radius 1 is 1.10 bits per heavy atom. The first-order valence-electron chi connectivity index (χ1n) is 10.4. The zero-order valence-corrected chi connectivity index (χ0v) is 18.2. The molecule has 31 heavy (non-hydrogen) atoms. The standard InChI is InChI=1S/C23H28N6O2/c1-17-6-4-5-7-19(17)15-24-23(30)28-12-10-27(11-13-28)20-8-9-21(22(14-20)31-3)29-16-25-18(2)26-29/h4-9,14,16H,10-13,15H2,1-3H3,(H,24,30). The van der Waals surface area contributed by atoms with Crippen LogP contribution in [0.15, 0.2) is 48.8 Å². The normalized spacial score (nSPS) is 13.9. The van der Waals surface area contributed by atoms with E-state index in [1.807, 2.05) is 42.2 Å². The van der Waals surface area contributed by atoms with Crippen LogP contribution in [0.2, 0.25) is 0 Å². The summed E-state index contributed by atoms with van der Waals surface area (Å²) in [5.74, 6) is 1.45. The largest absolute Gasteiger partial charge is 0.494 e. The van der Waals surface area contributed by atoms with Crippen LogP contribution in [0, 0.1) is 13.8 Å². The third-order valence-corrected chi connectivity index (χ3v) is 5.64. The summed E-state index contributed by atoms with van der Waals surface area (Å²) in [5, 5.41) is 7.41. The van der Waals surface area contributed by atoms with E-state index in [-0.39, 0.29) is 6.03 Å². The second-order valence-corrected chi connectivity index (χ2v) is 7.65. The van der Waals surface area contributed by atoms with Gasteiger partial charge in [0.1, 0.15) is 23.6 Å². The molecule has 1 aliphatic rings. The lowest BCUT2D eigenvalue weighted by molar-refractivity contribution is 0.194. The number of hydrogen-bond donors (Lipinski definition) is 1. The molecular weight excluding hydrogens is 392 g/mol. The number of benzene rings is 2. The van der Waals surface area contributed by atoms with Crippen LogP contribution in [0.3, 0.4) is 0 Å². The van der Waals surface area contributed by atoms with Crippen LogP contribution >= 0.6 is 0 Å². The van der Waals surface area contributed by atoms with Crippen LogP contribution in [-0.4, -0.2) is 59.0 Å². The maximum atomic E-state index is 12.6. The molecule has 0 saturated carbocycles. The lowest BCUT2D eigenvalue weighted by Crippen LogP contribution is -2.51. The first kappa shape index (κ1) is 20.7. The number of piperazine rings is 1. The second-order valence-electron chi connectivity index (χ2n) is 7.65. The molecule has 0 bridgehead atoms. The van der Waals surface area contributed by atoms with E-state index < -0.39 is 0 Å². The van der Waals surface area contributed by atoms with Crippen molar-refractivity contribution in [2.24, 2.45) is 0 Å². The Morgan fingerprint density at radius 3 is 2.55 bits per heavy atom. The topological polar surface area (TPSA) is 75.5 Å². The van der Waals surface area contributed by atoms with Crippen molar-refractivity contribution in [2.45, 2.75) is 20.4 Å². The second kappa shape index (κ2) is 9.07. The molecule has 1 N–H and O–H groups in total. The monoisotopic (exact) mass is 420 g/mol. The maximum Gasteiger partial charge on any atom is 0.317 e. The van der Waals surface area contributed by atoms with Gasteiger partial charge in [-0.1, -0.05) is 24.3 Å².